The number of hydrogen-bond acceptors (Lipinski definition) is 5. The zero-order valence-corrected chi connectivity index (χ0v) is 23.4. The number of benzene rings is 3. The van der Waals surface area contributed by atoms with Crippen LogP contribution in [0.1, 0.15) is 65.3 Å². The van der Waals surface area contributed by atoms with Crippen molar-refractivity contribution in [1.29, 1.82) is 0 Å². The number of aliphatic hydroxyl groups is 1. The third kappa shape index (κ3) is 5.10. The molecule has 10 heteroatoms. The molecule has 1 amide bonds. The number of rotatable bonds is 8. The molecule has 1 fully saturated rings. The molecule has 40 heavy (non-hydrogen) atoms. The zero-order chi connectivity index (χ0) is 28.8. The van der Waals surface area contributed by atoms with Crippen molar-refractivity contribution < 1.29 is 33.7 Å². The third-order valence-electron chi connectivity index (χ3n) is 7.32. The number of aliphatic carboxylic acids is 1. The lowest BCUT2D eigenvalue weighted by Gasteiger charge is -2.44. The average Bonchev–Trinajstić information content (AvgIpc) is 3.48. The van der Waals surface area contributed by atoms with Crippen molar-refractivity contribution in [3.8, 4) is 0 Å². The molecule has 2 N–H and O–H groups in total. The highest BCUT2D eigenvalue weighted by Crippen LogP contribution is 2.53. The van der Waals surface area contributed by atoms with Crippen LogP contribution < -0.4 is 0 Å². The monoisotopic (exact) mass is 587 g/mol. The number of carbonyl (C=O) groups is 2. The van der Waals surface area contributed by atoms with Gasteiger partial charge in [0.15, 0.2) is 0 Å². The number of fused-ring (bicyclic) bond motifs is 1. The molecule has 5 rings (SSSR count). The second-order valence-corrected chi connectivity index (χ2v) is 11.4. The molecule has 0 bridgehead atoms. The summed E-state index contributed by atoms with van der Waals surface area (Å²) in [6, 6.07) is 14.5. The van der Waals surface area contributed by atoms with Crippen LogP contribution in [0.15, 0.2) is 60.7 Å². The average molecular weight is 588 g/mol. The van der Waals surface area contributed by atoms with E-state index < -0.39 is 47.6 Å². The topological polar surface area (TPSA) is 96.3 Å². The Labute approximate surface area is 241 Å². The summed E-state index contributed by atoms with van der Waals surface area (Å²) < 4.78 is 28.7. The lowest BCUT2D eigenvalue weighted by atomic mass is 9.87. The van der Waals surface area contributed by atoms with Gasteiger partial charge in [-0.25, -0.2) is 4.39 Å². The molecule has 0 saturated carbocycles. The summed E-state index contributed by atoms with van der Waals surface area (Å²) in [5.41, 5.74) is -2.38. The SMILES string of the molecule is CC(C)(O)c1cc(F)c2c(c1)C(=O)N([C@@H](CC(=O)O)c1ccc(Cl)cc1)[C@@]2(O[C@H]1CCOC1)c1ccc(Cl)cc1. The summed E-state index contributed by atoms with van der Waals surface area (Å²) in [6.07, 6.45) is -0.539. The highest BCUT2D eigenvalue weighted by atomic mass is 35.5. The highest BCUT2D eigenvalue weighted by molar-refractivity contribution is 6.30. The first-order chi connectivity index (χ1) is 18.9. The molecular weight excluding hydrogens is 560 g/mol. The molecule has 3 aromatic carbocycles. The van der Waals surface area contributed by atoms with Gasteiger partial charge in [-0.2, -0.15) is 0 Å². The van der Waals surface area contributed by atoms with Crippen LogP contribution in [0, 0.1) is 5.82 Å². The molecule has 3 atom stereocenters. The van der Waals surface area contributed by atoms with Crippen molar-refractivity contribution in [2.24, 2.45) is 0 Å². The van der Waals surface area contributed by atoms with Crippen LogP contribution in [0.25, 0.3) is 0 Å². The predicted molar refractivity (Wildman–Crippen MR) is 147 cm³/mol. The van der Waals surface area contributed by atoms with Gasteiger partial charge in [-0.05, 0) is 67.8 Å². The molecule has 2 aliphatic heterocycles. The van der Waals surface area contributed by atoms with E-state index in [0.29, 0.717) is 34.2 Å². The van der Waals surface area contributed by atoms with Gasteiger partial charge in [-0.15, -0.1) is 0 Å². The molecule has 3 aromatic rings. The van der Waals surface area contributed by atoms with Gasteiger partial charge in [0.25, 0.3) is 5.91 Å². The normalized spacial score (nSPS) is 21.5. The molecule has 0 spiro atoms. The van der Waals surface area contributed by atoms with Gasteiger partial charge in [0.2, 0.25) is 5.72 Å². The van der Waals surface area contributed by atoms with Crippen LogP contribution in [0.2, 0.25) is 10.0 Å². The Morgan fingerprint density at radius 2 is 1.77 bits per heavy atom. The van der Waals surface area contributed by atoms with E-state index in [1.165, 1.54) is 30.9 Å². The maximum atomic E-state index is 16.4. The van der Waals surface area contributed by atoms with Gasteiger partial charge in [0.05, 0.1) is 41.9 Å². The van der Waals surface area contributed by atoms with Crippen molar-refractivity contribution in [1.82, 2.24) is 4.90 Å². The van der Waals surface area contributed by atoms with Gasteiger partial charge in [0.1, 0.15) is 5.82 Å². The number of carboxylic acid groups (broad SMARTS) is 1. The number of ether oxygens (including phenoxy) is 2. The van der Waals surface area contributed by atoms with Crippen LogP contribution >= 0.6 is 23.2 Å². The molecule has 0 radical (unpaired) electrons. The summed E-state index contributed by atoms with van der Waals surface area (Å²) in [4.78, 5) is 28.0. The number of carbonyl (C=O) groups excluding carboxylic acids is 1. The molecule has 0 aliphatic carbocycles. The fourth-order valence-electron chi connectivity index (χ4n) is 5.43. The minimum atomic E-state index is -1.88. The Balaban J connectivity index is 1.84. The number of nitrogens with zero attached hydrogens (tertiary/aromatic N) is 1. The van der Waals surface area contributed by atoms with E-state index in [4.69, 9.17) is 32.7 Å². The third-order valence-corrected chi connectivity index (χ3v) is 7.82. The second kappa shape index (κ2) is 10.8. The van der Waals surface area contributed by atoms with Gasteiger partial charge in [0, 0.05) is 22.2 Å². The number of amides is 1. The van der Waals surface area contributed by atoms with Crippen LogP contribution in [-0.2, 0) is 25.6 Å². The van der Waals surface area contributed by atoms with Crippen LogP contribution in [-0.4, -0.2) is 46.3 Å². The Bertz CT molecular complexity index is 1430. The van der Waals surface area contributed by atoms with Crippen LogP contribution in [0.5, 0.6) is 0 Å². The highest BCUT2D eigenvalue weighted by Gasteiger charge is 2.58. The Morgan fingerprint density at radius 1 is 1.15 bits per heavy atom. The molecule has 0 aromatic heterocycles. The van der Waals surface area contributed by atoms with Crippen LogP contribution in [0.4, 0.5) is 4.39 Å². The summed E-state index contributed by atoms with van der Waals surface area (Å²) in [5, 5.41) is 21.5. The van der Waals surface area contributed by atoms with Crippen molar-refractivity contribution >= 4 is 35.1 Å². The lowest BCUT2D eigenvalue weighted by Crippen LogP contribution is -2.51. The molecule has 7 nitrogen and oxygen atoms in total. The molecule has 2 heterocycles. The lowest BCUT2D eigenvalue weighted by molar-refractivity contribution is -0.162. The number of hydrogen-bond donors (Lipinski definition) is 2. The van der Waals surface area contributed by atoms with E-state index in [1.807, 2.05) is 0 Å². The van der Waals surface area contributed by atoms with E-state index in [2.05, 4.69) is 0 Å². The first-order valence-corrected chi connectivity index (χ1v) is 13.6. The van der Waals surface area contributed by atoms with E-state index in [0.717, 1.165) is 0 Å². The zero-order valence-electron chi connectivity index (χ0n) is 21.9. The maximum absolute atomic E-state index is 16.4. The Morgan fingerprint density at radius 3 is 2.33 bits per heavy atom. The minimum absolute atomic E-state index is 0.0321. The van der Waals surface area contributed by atoms with E-state index in [9.17, 15) is 19.8 Å². The van der Waals surface area contributed by atoms with Gasteiger partial charge in [-0.1, -0.05) is 47.5 Å². The quantitative estimate of drug-likeness (QED) is 0.333. The summed E-state index contributed by atoms with van der Waals surface area (Å²) in [5.74, 6) is -2.59. The van der Waals surface area contributed by atoms with Crippen molar-refractivity contribution in [3.63, 3.8) is 0 Å². The van der Waals surface area contributed by atoms with E-state index >= 15 is 4.39 Å². The fraction of sp³-hybridized carbons (Fsp3) is 0.333. The minimum Gasteiger partial charge on any atom is -0.481 e. The first-order valence-electron chi connectivity index (χ1n) is 12.8. The summed E-state index contributed by atoms with van der Waals surface area (Å²) >= 11 is 12.3. The van der Waals surface area contributed by atoms with Crippen molar-refractivity contribution in [2.75, 3.05) is 13.2 Å². The molecule has 210 valence electrons. The first kappa shape index (κ1) is 28.5. The van der Waals surface area contributed by atoms with E-state index in [-0.39, 0.29) is 23.3 Å². The standard InChI is InChI=1S/C30H28Cl2FNO6/c1-29(2,38)19-13-23-27(24(33)14-19)30(40-22-11-12-39-16-22,18-5-9-21(32)10-6-18)34(28(23)37)25(15-26(35)36)17-3-7-20(31)8-4-17/h3-10,13-14,22,25,38H,11-12,15-16H2,1-2H3,(H,35,36)/t22-,25-,30+/m0/s1. The fourth-order valence-corrected chi connectivity index (χ4v) is 5.68. The largest absolute Gasteiger partial charge is 0.481 e. The molecule has 2 aliphatic rings. The molecule has 1 saturated heterocycles. The van der Waals surface area contributed by atoms with Gasteiger partial charge < -0.3 is 19.7 Å². The smallest absolute Gasteiger partial charge is 0.305 e. The Kier molecular flexibility index (Phi) is 7.67. The molecular formula is C30H28Cl2FNO6. The summed E-state index contributed by atoms with van der Waals surface area (Å²) in [7, 11) is 0. The number of carboxylic acids is 1. The Hall–Kier alpha value is -3.01. The molecule has 0 unspecified atom stereocenters. The second-order valence-electron chi connectivity index (χ2n) is 10.5. The van der Waals surface area contributed by atoms with Gasteiger partial charge >= 0.3 is 5.97 Å². The predicted octanol–water partition coefficient (Wildman–Crippen LogP) is 6.04. The number of halogens is 3. The summed E-state index contributed by atoms with van der Waals surface area (Å²) in [6.45, 7) is 3.61. The van der Waals surface area contributed by atoms with Crippen molar-refractivity contribution in [2.45, 2.75) is 50.2 Å². The van der Waals surface area contributed by atoms with Gasteiger partial charge in [-0.3, -0.25) is 14.5 Å². The van der Waals surface area contributed by atoms with E-state index in [1.54, 1.807) is 48.5 Å². The van der Waals surface area contributed by atoms with Crippen LogP contribution in [0.3, 0.4) is 0 Å². The van der Waals surface area contributed by atoms with Crippen molar-refractivity contribution in [3.05, 3.63) is 104 Å². The maximum Gasteiger partial charge on any atom is 0.305 e.